The van der Waals surface area contributed by atoms with Gasteiger partial charge in [-0.1, -0.05) is 29.8 Å². The Hall–Kier alpha value is -2.47. The van der Waals surface area contributed by atoms with Crippen molar-refractivity contribution in [3.63, 3.8) is 0 Å². The first-order valence-electron chi connectivity index (χ1n) is 8.45. The summed E-state index contributed by atoms with van der Waals surface area (Å²) >= 11 is 6.22. The number of hydrogen-bond donors (Lipinski definition) is 1. The van der Waals surface area contributed by atoms with Gasteiger partial charge in [-0.3, -0.25) is 4.79 Å². The second-order valence-electron chi connectivity index (χ2n) is 6.07. The summed E-state index contributed by atoms with van der Waals surface area (Å²) in [7, 11) is 0. The lowest BCUT2D eigenvalue weighted by atomic mass is 10.2. The highest BCUT2D eigenvalue weighted by atomic mass is 35.5. The van der Waals surface area contributed by atoms with Crippen LogP contribution >= 0.6 is 11.6 Å². The van der Waals surface area contributed by atoms with Gasteiger partial charge in [-0.05, 0) is 23.9 Å². The van der Waals surface area contributed by atoms with E-state index in [-0.39, 0.29) is 11.6 Å². The van der Waals surface area contributed by atoms with Gasteiger partial charge in [0, 0.05) is 37.8 Å². The molecule has 0 radical (unpaired) electrons. The average Bonchev–Trinajstić information content (AvgIpc) is 3.20. The van der Waals surface area contributed by atoms with Crippen LogP contribution in [0.3, 0.4) is 0 Å². The average molecular weight is 359 g/mol. The number of aryl methyl sites for hydroxylation is 2. The molecule has 2 aromatic heterocycles. The lowest BCUT2D eigenvalue weighted by Gasteiger charge is -2.14. The maximum absolute atomic E-state index is 12.3. The van der Waals surface area contributed by atoms with Gasteiger partial charge in [-0.15, -0.1) is 0 Å². The van der Waals surface area contributed by atoms with Gasteiger partial charge < -0.3 is 14.6 Å². The van der Waals surface area contributed by atoms with Crippen molar-refractivity contribution in [1.82, 2.24) is 19.7 Å². The molecule has 0 fully saturated rings. The molecule has 1 aliphatic rings. The van der Waals surface area contributed by atoms with Crippen LogP contribution in [0.5, 0.6) is 5.88 Å². The molecule has 0 saturated carbocycles. The highest BCUT2D eigenvalue weighted by Gasteiger charge is 2.24. The van der Waals surface area contributed by atoms with Crippen LogP contribution in [0.15, 0.2) is 36.5 Å². The minimum absolute atomic E-state index is 0.241. The van der Waals surface area contributed by atoms with Gasteiger partial charge >= 0.3 is 0 Å². The molecule has 1 aromatic carbocycles. The quantitative estimate of drug-likeness (QED) is 0.713. The van der Waals surface area contributed by atoms with E-state index in [1.807, 2.05) is 12.1 Å². The van der Waals surface area contributed by atoms with Crippen molar-refractivity contribution < 1.29 is 9.53 Å². The SMILES string of the molecule is O=C(NCCCn1ccc2ccccc21)c1nn2c(c1Cl)OCCC2. The van der Waals surface area contributed by atoms with Gasteiger partial charge in [0.1, 0.15) is 5.02 Å². The molecule has 4 rings (SSSR count). The predicted octanol–water partition coefficient (Wildman–Crippen LogP) is 3.09. The van der Waals surface area contributed by atoms with Gasteiger partial charge in [0.25, 0.3) is 5.91 Å². The summed E-state index contributed by atoms with van der Waals surface area (Å²) < 4.78 is 9.34. The molecule has 0 unspecified atom stereocenters. The number of nitrogens with one attached hydrogen (secondary N) is 1. The Balaban J connectivity index is 1.34. The third-order valence-corrected chi connectivity index (χ3v) is 4.70. The molecule has 0 atom stereocenters. The van der Waals surface area contributed by atoms with Crippen LogP contribution < -0.4 is 10.1 Å². The van der Waals surface area contributed by atoms with E-state index in [4.69, 9.17) is 16.3 Å². The van der Waals surface area contributed by atoms with E-state index in [0.717, 1.165) is 25.9 Å². The topological polar surface area (TPSA) is 61.1 Å². The molecular formula is C18H19ClN4O2. The number of rotatable bonds is 5. The van der Waals surface area contributed by atoms with Crippen LogP contribution in [0.25, 0.3) is 10.9 Å². The number of amides is 1. The second kappa shape index (κ2) is 6.80. The summed E-state index contributed by atoms with van der Waals surface area (Å²) in [6, 6.07) is 10.4. The van der Waals surface area contributed by atoms with Crippen molar-refractivity contribution in [3.8, 4) is 5.88 Å². The van der Waals surface area contributed by atoms with Gasteiger partial charge in [-0.2, -0.15) is 5.10 Å². The minimum atomic E-state index is -0.257. The van der Waals surface area contributed by atoms with Gasteiger partial charge in [0.15, 0.2) is 5.69 Å². The maximum atomic E-state index is 12.3. The monoisotopic (exact) mass is 358 g/mol. The second-order valence-corrected chi connectivity index (χ2v) is 6.45. The van der Waals surface area contributed by atoms with Crippen LogP contribution in [-0.4, -0.2) is 33.4 Å². The fourth-order valence-corrected chi connectivity index (χ4v) is 3.39. The third-order valence-electron chi connectivity index (χ3n) is 4.36. The molecule has 7 heteroatoms. The number of benzene rings is 1. The van der Waals surface area contributed by atoms with E-state index in [2.05, 4.69) is 39.4 Å². The fraction of sp³-hybridized carbons (Fsp3) is 0.333. The van der Waals surface area contributed by atoms with E-state index in [1.54, 1.807) is 4.68 Å². The Morgan fingerprint density at radius 3 is 3.08 bits per heavy atom. The standard InChI is InChI=1S/C18H19ClN4O2/c19-15-16(21-23-10-4-12-25-18(15)23)17(24)20-8-3-9-22-11-7-13-5-1-2-6-14(13)22/h1-2,5-7,11H,3-4,8-10,12H2,(H,20,24). The van der Waals surface area contributed by atoms with E-state index in [1.165, 1.54) is 10.9 Å². The van der Waals surface area contributed by atoms with Gasteiger partial charge in [-0.25, -0.2) is 4.68 Å². The predicted molar refractivity (Wildman–Crippen MR) is 96.2 cm³/mol. The summed E-state index contributed by atoms with van der Waals surface area (Å²) in [6.07, 6.45) is 3.77. The third kappa shape index (κ3) is 3.09. The Morgan fingerprint density at radius 1 is 1.32 bits per heavy atom. The zero-order chi connectivity index (χ0) is 17.2. The maximum Gasteiger partial charge on any atom is 0.273 e. The number of hydrogen-bond acceptors (Lipinski definition) is 3. The number of carbonyl (C=O) groups is 1. The number of halogens is 1. The van der Waals surface area contributed by atoms with Gasteiger partial charge in [0.2, 0.25) is 5.88 Å². The first kappa shape index (κ1) is 16.0. The van der Waals surface area contributed by atoms with Crippen LogP contribution in [0.4, 0.5) is 0 Å². The zero-order valence-corrected chi connectivity index (χ0v) is 14.5. The molecule has 130 valence electrons. The summed E-state index contributed by atoms with van der Waals surface area (Å²) in [5.41, 5.74) is 1.45. The Labute approximate surface area is 150 Å². The molecule has 1 amide bonds. The van der Waals surface area contributed by atoms with Crippen molar-refractivity contribution in [3.05, 3.63) is 47.2 Å². The molecule has 1 N–H and O–H groups in total. The smallest absolute Gasteiger partial charge is 0.273 e. The Bertz CT molecular complexity index is 915. The number of para-hydroxylation sites is 1. The van der Waals surface area contributed by atoms with Crippen molar-refractivity contribution >= 4 is 28.4 Å². The first-order chi connectivity index (χ1) is 12.2. The molecule has 3 heterocycles. The lowest BCUT2D eigenvalue weighted by Crippen LogP contribution is -2.26. The van der Waals surface area contributed by atoms with Crippen LogP contribution in [0, 0.1) is 0 Å². The van der Waals surface area contributed by atoms with Crippen LogP contribution in [-0.2, 0) is 13.1 Å². The summed E-state index contributed by atoms with van der Waals surface area (Å²) in [5.74, 6) is 0.241. The van der Waals surface area contributed by atoms with E-state index >= 15 is 0 Å². The molecular weight excluding hydrogens is 340 g/mol. The normalized spacial score (nSPS) is 13.5. The summed E-state index contributed by atoms with van der Waals surface area (Å²) in [6.45, 7) is 2.73. The molecule has 0 saturated heterocycles. The summed E-state index contributed by atoms with van der Waals surface area (Å²) in [4.78, 5) is 12.3. The van der Waals surface area contributed by atoms with Crippen LogP contribution in [0.1, 0.15) is 23.3 Å². The fourth-order valence-electron chi connectivity index (χ4n) is 3.11. The molecule has 0 aliphatic carbocycles. The lowest BCUT2D eigenvalue weighted by molar-refractivity contribution is 0.0947. The number of nitrogens with zero attached hydrogens (tertiary/aromatic N) is 3. The number of fused-ring (bicyclic) bond motifs is 2. The number of carbonyl (C=O) groups excluding carboxylic acids is 1. The molecule has 0 spiro atoms. The van der Waals surface area contributed by atoms with E-state index in [0.29, 0.717) is 24.1 Å². The largest absolute Gasteiger partial charge is 0.477 e. The zero-order valence-electron chi connectivity index (χ0n) is 13.7. The molecule has 25 heavy (non-hydrogen) atoms. The van der Waals surface area contributed by atoms with Crippen molar-refractivity contribution in [2.45, 2.75) is 25.9 Å². The molecule has 1 aliphatic heterocycles. The highest BCUT2D eigenvalue weighted by molar-refractivity contribution is 6.34. The molecule has 0 bridgehead atoms. The van der Waals surface area contributed by atoms with Crippen molar-refractivity contribution in [1.29, 1.82) is 0 Å². The molecule has 3 aromatic rings. The van der Waals surface area contributed by atoms with E-state index < -0.39 is 0 Å². The first-order valence-corrected chi connectivity index (χ1v) is 8.83. The number of ether oxygens (including phenoxy) is 1. The van der Waals surface area contributed by atoms with Gasteiger partial charge in [0.05, 0.1) is 6.61 Å². The molecule has 6 nitrogen and oxygen atoms in total. The Kier molecular flexibility index (Phi) is 4.36. The van der Waals surface area contributed by atoms with Crippen molar-refractivity contribution in [2.24, 2.45) is 0 Å². The number of aromatic nitrogens is 3. The highest BCUT2D eigenvalue weighted by Crippen LogP contribution is 2.30. The van der Waals surface area contributed by atoms with E-state index in [9.17, 15) is 4.79 Å². The van der Waals surface area contributed by atoms with Crippen molar-refractivity contribution in [2.75, 3.05) is 13.2 Å². The minimum Gasteiger partial charge on any atom is -0.477 e. The Morgan fingerprint density at radius 2 is 2.20 bits per heavy atom. The summed E-state index contributed by atoms with van der Waals surface area (Å²) in [5, 5.41) is 8.68. The van der Waals surface area contributed by atoms with Crippen LogP contribution in [0.2, 0.25) is 5.02 Å².